The van der Waals surface area contributed by atoms with Crippen molar-refractivity contribution in [2.45, 2.75) is 4.90 Å². The summed E-state index contributed by atoms with van der Waals surface area (Å²) in [6.07, 6.45) is 0. The fourth-order valence-corrected chi connectivity index (χ4v) is 0.882. The number of methoxy groups -OCH3 is 1. The van der Waals surface area contributed by atoms with Gasteiger partial charge in [-0.25, -0.2) is 0 Å². The van der Waals surface area contributed by atoms with Crippen molar-refractivity contribution in [2.75, 3.05) is 7.11 Å². The Bertz CT molecular complexity index is 207. The topological polar surface area (TPSA) is 9.23 Å². The van der Waals surface area contributed by atoms with Crippen molar-refractivity contribution in [3.05, 3.63) is 24.3 Å². The molecule has 0 bridgehead atoms. The van der Waals surface area contributed by atoms with Gasteiger partial charge in [-0.3, -0.25) is 0 Å². The third-order valence-corrected chi connectivity index (χ3v) is 1.45. The SMILES string of the molecule is COc1ccccc1S.[H-].[Li+]. The Labute approximate surface area is 79.8 Å². The minimum absolute atomic E-state index is 0. The van der Waals surface area contributed by atoms with Gasteiger partial charge in [0, 0.05) is 4.90 Å². The maximum absolute atomic E-state index is 4.97. The van der Waals surface area contributed by atoms with Gasteiger partial charge in [0.15, 0.2) is 0 Å². The normalized spacial score (nSPS) is 8.20. The number of ether oxygens (including phenoxy) is 1. The first kappa shape index (κ1) is 9.97. The first-order valence-electron chi connectivity index (χ1n) is 2.66. The molecule has 1 aromatic rings. The van der Waals surface area contributed by atoms with E-state index in [0.717, 1.165) is 10.6 Å². The van der Waals surface area contributed by atoms with Crippen LogP contribution in [-0.2, 0) is 0 Å². The van der Waals surface area contributed by atoms with E-state index < -0.39 is 0 Å². The van der Waals surface area contributed by atoms with Gasteiger partial charge in [-0.15, -0.1) is 12.6 Å². The van der Waals surface area contributed by atoms with E-state index in [4.69, 9.17) is 4.74 Å². The summed E-state index contributed by atoms with van der Waals surface area (Å²) in [5, 5.41) is 0. The molecule has 0 atom stereocenters. The Kier molecular flexibility index (Phi) is 4.72. The first-order chi connectivity index (χ1) is 4.34. The summed E-state index contributed by atoms with van der Waals surface area (Å²) < 4.78 is 4.97. The number of rotatable bonds is 1. The quantitative estimate of drug-likeness (QED) is 0.401. The van der Waals surface area contributed by atoms with Gasteiger partial charge in [0.2, 0.25) is 0 Å². The van der Waals surface area contributed by atoms with Crippen LogP contribution in [0.1, 0.15) is 1.43 Å². The molecule has 0 aliphatic rings. The maximum Gasteiger partial charge on any atom is 1.00 e. The molecule has 0 aromatic heterocycles. The van der Waals surface area contributed by atoms with Crippen molar-refractivity contribution >= 4 is 12.6 Å². The van der Waals surface area contributed by atoms with Gasteiger partial charge < -0.3 is 6.16 Å². The van der Waals surface area contributed by atoms with Gasteiger partial charge in [0.25, 0.3) is 0 Å². The Balaban J connectivity index is 0. The van der Waals surface area contributed by atoms with E-state index in [-0.39, 0.29) is 20.3 Å². The number of hydrogen-bond donors (Lipinski definition) is 1. The molecule has 0 spiro atoms. The standard InChI is InChI=1S/C7H8OS.Li.H/c1-8-6-4-2-3-5-7(6)9;;/h2-5,9H,1H3;;/q;+1;-1. The Hall–Kier alpha value is -0.0326. The van der Waals surface area contributed by atoms with E-state index in [9.17, 15) is 0 Å². The Morgan fingerprint density at radius 1 is 1.40 bits per heavy atom. The largest absolute Gasteiger partial charge is 1.00 e. The third kappa shape index (κ3) is 2.30. The van der Waals surface area contributed by atoms with Crippen molar-refractivity contribution < 1.29 is 25.0 Å². The summed E-state index contributed by atoms with van der Waals surface area (Å²) in [6.45, 7) is 0. The van der Waals surface area contributed by atoms with Crippen LogP contribution in [-0.4, -0.2) is 7.11 Å². The van der Waals surface area contributed by atoms with Crippen LogP contribution in [0.15, 0.2) is 29.2 Å². The van der Waals surface area contributed by atoms with Crippen LogP contribution in [0.4, 0.5) is 0 Å². The molecule has 0 aliphatic heterocycles. The fraction of sp³-hybridized carbons (Fsp3) is 0.143. The second-order valence-electron chi connectivity index (χ2n) is 1.67. The minimum atomic E-state index is 0. The van der Waals surface area contributed by atoms with E-state index in [2.05, 4.69) is 12.6 Å². The molecule has 0 unspecified atom stereocenters. The molecule has 0 saturated heterocycles. The summed E-state index contributed by atoms with van der Waals surface area (Å²) >= 11 is 4.15. The average Bonchev–Trinajstić information content (AvgIpc) is 1.89. The summed E-state index contributed by atoms with van der Waals surface area (Å²) in [6, 6.07) is 7.60. The Morgan fingerprint density at radius 2 is 2.00 bits per heavy atom. The Morgan fingerprint density at radius 3 is 2.40 bits per heavy atom. The molecule has 50 valence electrons. The fourth-order valence-electron chi connectivity index (χ4n) is 0.630. The third-order valence-electron chi connectivity index (χ3n) is 1.09. The molecule has 0 radical (unpaired) electrons. The van der Waals surface area contributed by atoms with E-state index in [1.54, 1.807) is 7.11 Å². The number of para-hydroxylation sites is 1. The average molecular weight is 148 g/mol. The van der Waals surface area contributed by atoms with Crippen molar-refractivity contribution in [2.24, 2.45) is 0 Å². The molecule has 3 heteroatoms. The predicted octanol–water partition coefficient (Wildman–Crippen LogP) is -0.900. The van der Waals surface area contributed by atoms with Crippen LogP contribution in [0.3, 0.4) is 0 Å². The molecule has 0 aliphatic carbocycles. The zero-order chi connectivity index (χ0) is 6.69. The second-order valence-corrected chi connectivity index (χ2v) is 2.15. The van der Waals surface area contributed by atoms with Crippen LogP contribution >= 0.6 is 12.6 Å². The van der Waals surface area contributed by atoms with E-state index in [0.29, 0.717) is 0 Å². The molecule has 0 saturated carbocycles. The van der Waals surface area contributed by atoms with Gasteiger partial charge in [-0.2, -0.15) is 0 Å². The zero-order valence-corrected chi connectivity index (χ0v) is 7.06. The molecule has 1 aromatic carbocycles. The summed E-state index contributed by atoms with van der Waals surface area (Å²) in [7, 11) is 1.63. The van der Waals surface area contributed by atoms with Crippen molar-refractivity contribution in [1.82, 2.24) is 0 Å². The molecule has 0 N–H and O–H groups in total. The molecule has 0 heterocycles. The minimum Gasteiger partial charge on any atom is -1.00 e. The predicted molar refractivity (Wildman–Crippen MR) is 41.4 cm³/mol. The molecule has 1 nitrogen and oxygen atoms in total. The smallest absolute Gasteiger partial charge is 1.00 e. The molecule has 0 amide bonds. The molecular formula is C7H9LiOS. The summed E-state index contributed by atoms with van der Waals surface area (Å²) in [5.74, 6) is 0.820. The molecule has 0 fully saturated rings. The van der Waals surface area contributed by atoms with Crippen molar-refractivity contribution in [3.8, 4) is 5.75 Å². The van der Waals surface area contributed by atoms with Gasteiger partial charge in [0.1, 0.15) is 5.75 Å². The summed E-state index contributed by atoms with van der Waals surface area (Å²) in [4.78, 5) is 0.875. The number of thiol groups is 1. The van der Waals surface area contributed by atoms with Gasteiger partial charge in [-0.05, 0) is 12.1 Å². The maximum atomic E-state index is 4.97. The van der Waals surface area contributed by atoms with Crippen LogP contribution < -0.4 is 23.6 Å². The number of benzene rings is 1. The summed E-state index contributed by atoms with van der Waals surface area (Å²) in [5.41, 5.74) is 0. The van der Waals surface area contributed by atoms with Crippen molar-refractivity contribution in [3.63, 3.8) is 0 Å². The van der Waals surface area contributed by atoms with Gasteiger partial charge >= 0.3 is 18.9 Å². The van der Waals surface area contributed by atoms with Crippen LogP contribution in [0, 0.1) is 0 Å². The van der Waals surface area contributed by atoms with E-state index in [1.165, 1.54) is 0 Å². The van der Waals surface area contributed by atoms with E-state index >= 15 is 0 Å². The van der Waals surface area contributed by atoms with Gasteiger partial charge in [-0.1, -0.05) is 12.1 Å². The van der Waals surface area contributed by atoms with Crippen LogP contribution in [0.5, 0.6) is 5.75 Å². The monoisotopic (exact) mass is 148 g/mol. The zero-order valence-electron chi connectivity index (χ0n) is 7.16. The van der Waals surface area contributed by atoms with E-state index in [1.807, 2.05) is 24.3 Å². The second kappa shape index (κ2) is 4.73. The van der Waals surface area contributed by atoms with Crippen LogP contribution in [0.2, 0.25) is 0 Å². The molecule has 10 heavy (non-hydrogen) atoms. The van der Waals surface area contributed by atoms with Gasteiger partial charge in [0.05, 0.1) is 7.11 Å². The van der Waals surface area contributed by atoms with Crippen molar-refractivity contribution in [1.29, 1.82) is 0 Å². The molecule has 1 rings (SSSR count). The number of hydrogen-bond acceptors (Lipinski definition) is 2. The first-order valence-corrected chi connectivity index (χ1v) is 3.11. The van der Waals surface area contributed by atoms with Crippen LogP contribution in [0.25, 0.3) is 0 Å². The molecular weight excluding hydrogens is 139 g/mol.